The molecule has 1 saturated carbocycles. The van der Waals surface area contributed by atoms with Gasteiger partial charge in [-0.15, -0.1) is 0 Å². The molecule has 1 atom stereocenters. The van der Waals surface area contributed by atoms with Gasteiger partial charge in [0.05, 0.1) is 5.92 Å². The van der Waals surface area contributed by atoms with Crippen molar-refractivity contribution in [2.45, 2.75) is 26.7 Å². The molecule has 1 N–H and O–H groups in total. The summed E-state index contributed by atoms with van der Waals surface area (Å²) in [6.45, 7) is 4.45. The summed E-state index contributed by atoms with van der Waals surface area (Å²) in [5, 5.41) is 8.72. The van der Waals surface area contributed by atoms with Crippen LogP contribution in [0.5, 0.6) is 0 Å². The highest BCUT2D eigenvalue weighted by atomic mass is 16.4. The smallest absolute Gasteiger partial charge is 0.308 e. The Bertz CT molecular complexity index is 236. The summed E-state index contributed by atoms with van der Waals surface area (Å²) in [6, 6.07) is 0. The summed E-state index contributed by atoms with van der Waals surface area (Å²) < 4.78 is 0. The minimum absolute atomic E-state index is 0.126. The molecule has 1 aliphatic carbocycles. The standard InChI is InChI=1S/C10H17NO3/c1-3-11(6-7(2)10(13)14)9(12)8-4-5-8/h7-8H,3-6H2,1-2H3,(H,13,14). The van der Waals surface area contributed by atoms with Crippen molar-refractivity contribution in [3.05, 3.63) is 0 Å². The van der Waals surface area contributed by atoms with Gasteiger partial charge in [-0.3, -0.25) is 9.59 Å². The molecule has 0 aromatic carbocycles. The topological polar surface area (TPSA) is 57.6 Å². The van der Waals surface area contributed by atoms with Gasteiger partial charge in [0.1, 0.15) is 0 Å². The second-order valence-electron chi connectivity index (χ2n) is 3.89. The van der Waals surface area contributed by atoms with Crippen LogP contribution in [-0.2, 0) is 9.59 Å². The first-order valence-corrected chi connectivity index (χ1v) is 5.07. The number of rotatable bonds is 5. The first kappa shape index (κ1) is 11.0. The molecule has 1 fully saturated rings. The van der Waals surface area contributed by atoms with Crippen molar-refractivity contribution in [1.29, 1.82) is 0 Å². The lowest BCUT2D eigenvalue weighted by atomic mass is 10.1. The molecular weight excluding hydrogens is 182 g/mol. The van der Waals surface area contributed by atoms with Crippen LogP contribution in [0.25, 0.3) is 0 Å². The molecular formula is C10H17NO3. The normalized spacial score (nSPS) is 17.6. The molecule has 4 heteroatoms. The summed E-state index contributed by atoms with van der Waals surface area (Å²) in [5.41, 5.74) is 0. The van der Waals surface area contributed by atoms with E-state index in [0.717, 1.165) is 12.8 Å². The first-order chi connectivity index (χ1) is 6.56. The van der Waals surface area contributed by atoms with Gasteiger partial charge in [-0.2, -0.15) is 0 Å². The lowest BCUT2D eigenvalue weighted by Crippen LogP contribution is -2.37. The number of aliphatic carboxylic acids is 1. The summed E-state index contributed by atoms with van der Waals surface area (Å²) in [5.74, 6) is -1.01. The fourth-order valence-electron chi connectivity index (χ4n) is 1.37. The number of carboxylic acids is 1. The molecule has 0 aromatic rings. The second-order valence-corrected chi connectivity index (χ2v) is 3.89. The van der Waals surface area contributed by atoms with Gasteiger partial charge in [-0.05, 0) is 19.8 Å². The van der Waals surface area contributed by atoms with Crippen LogP contribution >= 0.6 is 0 Å². The Morgan fingerprint density at radius 1 is 1.50 bits per heavy atom. The van der Waals surface area contributed by atoms with Crippen LogP contribution in [0.3, 0.4) is 0 Å². The van der Waals surface area contributed by atoms with Gasteiger partial charge < -0.3 is 10.0 Å². The number of hydrogen-bond acceptors (Lipinski definition) is 2. The average Bonchev–Trinajstić information content (AvgIpc) is 2.95. The van der Waals surface area contributed by atoms with Gasteiger partial charge in [0.15, 0.2) is 0 Å². The lowest BCUT2D eigenvalue weighted by Gasteiger charge is -2.22. The highest BCUT2D eigenvalue weighted by Gasteiger charge is 2.33. The lowest BCUT2D eigenvalue weighted by molar-refractivity contribution is -0.143. The van der Waals surface area contributed by atoms with E-state index in [4.69, 9.17) is 5.11 Å². The Morgan fingerprint density at radius 3 is 2.43 bits per heavy atom. The van der Waals surface area contributed by atoms with Crippen LogP contribution < -0.4 is 0 Å². The third-order valence-corrected chi connectivity index (χ3v) is 2.54. The Labute approximate surface area is 83.9 Å². The SMILES string of the molecule is CCN(CC(C)C(=O)O)C(=O)C1CC1. The van der Waals surface area contributed by atoms with E-state index >= 15 is 0 Å². The zero-order valence-electron chi connectivity index (χ0n) is 8.69. The van der Waals surface area contributed by atoms with Crippen LogP contribution in [-0.4, -0.2) is 35.0 Å². The highest BCUT2D eigenvalue weighted by molar-refractivity contribution is 5.81. The molecule has 4 nitrogen and oxygen atoms in total. The van der Waals surface area contributed by atoms with Gasteiger partial charge in [-0.25, -0.2) is 0 Å². The Balaban J connectivity index is 2.45. The molecule has 1 unspecified atom stereocenters. The molecule has 1 rings (SSSR count). The fourth-order valence-corrected chi connectivity index (χ4v) is 1.37. The summed E-state index contributed by atoms with van der Waals surface area (Å²) >= 11 is 0. The zero-order valence-corrected chi connectivity index (χ0v) is 8.69. The Kier molecular flexibility index (Phi) is 3.49. The van der Waals surface area contributed by atoms with Gasteiger partial charge in [0, 0.05) is 19.0 Å². The molecule has 14 heavy (non-hydrogen) atoms. The molecule has 0 spiro atoms. The quantitative estimate of drug-likeness (QED) is 0.717. The molecule has 1 aliphatic rings. The van der Waals surface area contributed by atoms with E-state index < -0.39 is 11.9 Å². The highest BCUT2D eigenvalue weighted by Crippen LogP contribution is 2.31. The zero-order chi connectivity index (χ0) is 10.7. The number of amides is 1. The second kappa shape index (κ2) is 4.44. The third kappa shape index (κ3) is 2.72. The van der Waals surface area contributed by atoms with E-state index in [-0.39, 0.29) is 11.8 Å². The molecule has 0 radical (unpaired) electrons. The van der Waals surface area contributed by atoms with Gasteiger partial charge in [0.25, 0.3) is 0 Å². The first-order valence-electron chi connectivity index (χ1n) is 5.07. The van der Waals surface area contributed by atoms with Gasteiger partial charge in [0.2, 0.25) is 5.91 Å². The molecule has 80 valence electrons. The van der Waals surface area contributed by atoms with Crippen molar-refractivity contribution in [3.63, 3.8) is 0 Å². The van der Waals surface area contributed by atoms with Crippen LogP contribution in [0, 0.1) is 11.8 Å². The van der Waals surface area contributed by atoms with E-state index in [0.29, 0.717) is 13.1 Å². The minimum Gasteiger partial charge on any atom is -0.481 e. The van der Waals surface area contributed by atoms with Crippen molar-refractivity contribution >= 4 is 11.9 Å². The number of carboxylic acid groups (broad SMARTS) is 1. The maximum Gasteiger partial charge on any atom is 0.308 e. The number of hydrogen-bond donors (Lipinski definition) is 1. The summed E-state index contributed by atoms with van der Waals surface area (Å²) in [4.78, 5) is 23.9. The molecule has 0 aliphatic heterocycles. The van der Waals surface area contributed by atoms with Crippen molar-refractivity contribution in [2.24, 2.45) is 11.8 Å². The minimum atomic E-state index is -0.841. The van der Waals surface area contributed by atoms with Crippen molar-refractivity contribution in [3.8, 4) is 0 Å². The molecule has 1 amide bonds. The number of nitrogens with zero attached hydrogens (tertiary/aromatic N) is 1. The Morgan fingerprint density at radius 2 is 2.07 bits per heavy atom. The van der Waals surface area contributed by atoms with Gasteiger partial charge >= 0.3 is 5.97 Å². The number of carbonyl (C=O) groups is 2. The predicted octanol–water partition coefficient (Wildman–Crippen LogP) is 0.966. The van der Waals surface area contributed by atoms with Crippen LogP contribution in [0.2, 0.25) is 0 Å². The third-order valence-electron chi connectivity index (χ3n) is 2.54. The van der Waals surface area contributed by atoms with Crippen molar-refractivity contribution in [1.82, 2.24) is 4.90 Å². The largest absolute Gasteiger partial charge is 0.481 e. The fraction of sp³-hybridized carbons (Fsp3) is 0.800. The van der Waals surface area contributed by atoms with E-state index in [9.17, 15) is 9.59 Å². The monoisotopic (exact) mass is 199 g/mol. The molecule has 0 heterocycles. The predicted molar refractivity (Wildman–Crippen MR) is 51.8 cm³/mol. The maximum atomic E-state index is 11.6. The number of carbonyl (C=O) groups excluding carboxylic acids is 1. The van der Waals surface area contributed by atoms with E-state index in [1.165, 1.54) is 0 Å². The molecule has 0 bridgehead atoms. The average molecular weight is 199 g/mol. The maximum absolute atomic E-state index is 11.6. The van der Waals surface area contributed by atoms with E-state index in [2.05, 4.69) is 0 Å². The summed E-state index contributed by atoms with van der Waals surface area (Å²) in [7, 11) is 0. The van der Waals surface area contributed by atoms with E-state index in [1.807, 2.05) is 6.92 Å². The summed E-state index contributed by atoms with van der Waals surface area (Å²) in [6.07, 6.45) is 1.94. The van der Waals surface area contributed by atoms with Crippen LogP contribution in [0.15, 0.2) is 0 Å². The molecule has 0 saturated heterocycles. The van der Waals surface area contributed by atoms with Crippen LogP contribution in [0.1, 0.15) is 26.7 Å². The van der Waals surface area contributed by atoms with Gasteiger partial charge in [-0.1, -0.05) is 6.92 Å². The van der Waals surface area contributed by atoms with Crippen molar-refractivity contribution in [2.75, 3.05) is 13.1 Å². The Hall–Kier alpha value is -1.06. The van der Waals surface area contributed by atoms with E-state index in [1.54, 1.807) is 11.8 Å². The molecule has 0 aromatic heterocycles. The van der Waals surface area contributed by atoms with Crippen molar-refractivity contribution < 1.29 is 14.7 Å². The van der Waals surface area contributed by atoms with Crippen LogP contribution in [0.4, 0.5) is 0 Å².